The molecular weight excluding hydrogens is 605 g/mol. The lowest BCUT2D eigenvalue weighted by Gasteiger charge is -2.21. The zero-order valence-electron chi connectivity index (χ0n) is 24.0. The molecule has 0 aliphatic carbocycles. The number of carbonyl (C=O) groups is 1. The number of anilines is 1. The number of nitrogens with zero attached hydrogens (tertiary/aromatic N) is 5. The monoisotopic (exact) mass is 633 g/mol. The Balaban J connectivity index is 1.06. The van der Waals surface area contributed by atoms with Gasteiger partial charge in [-0.25, -0.2) is 9.97 Å². The molecule has 1 fully saturated rings. The molecule has 0 amide bonds. The Morgan fingerprint density at radius 1 is 1.24 bits per heavy atom. The van der Waals surface area contributed by atoms with Gasteiger partial charge in [-0.15, -0.1) is 0 Å². The summed E-state index contributed by atoms with van der Waals surface area (Å²) in [7, 11) is -2.38. The number of carbonyl (C=O) groups excluding carboxylic acids is 1. The van der Waals surface area contributed by atoms with Crippen LogP contribution in [0.5, 0.6) is 0 Å². The highest BCUT2D eigenvalue weighted by Crippen LogP contribution is 2.42. The van der Waals surface area contributed by atoms with Crippen LogP contribution in [0.15, 0.2) is 52.3 Å². The molecule has 7 rings (SSSR count). The second-order valence-electron chi connectivity index (χ2n) is 10.8. The normalized spacial score (nSPS) is 18.6. The summed E-state index contributed by atoms with van der Waals surface area (Å²) in [6.07, 6.45) is 1.07. The average Bonchev–Trinajstić information content (AvgIpc) is 3.75. The number of hydrogen-bond donors (Lipinski definition) is 3. The Hall–Kier alpha value is -4.53. The predicted molar refractivity (Wildman–Crippen MR) is 162 cm³/mol. The molecule has 4 aromatic heterocycles. The van der Waals surface area contributed by atoms with Crippen molar-refractivity contribution in [3.05, 3.63) is 80.1 Å². The van der Waals surface area contributed by atoms with Gasteiger partial charge in [0.25, 0.3) is 17.6 Å². The van der Waals surface area contributed by atoms with E-state index in [1.807, 2.05) is 30.3 Å². The van der Waals surface area contributed by atoms with Crippen LogP contribution >= 0.6 is 8.60 Å². The number of rotatable bonds is 10. The van der Waals surface area contributed by atoms with Crippen molar-refractivity contribution in [3.8, 4) is 11.4 Å². The van der Waals surface area contributed by atoms with Crippen molar-refractivity contribution in [1.82, 2.24) is 29.1 Å². The quantitative estimate of drug-likeness (QED) is 0.147. The van der Waals surface area contributed by atoms with Crippen molar-refractivity contribution in [1.29, 1.82) is 0 Å². The first-order valence-corrected chi connectivity index (χ1v) is 15.3. The van der Waals surface area contributed by atoms with Crippen LogP contribution in [-0.4, -0.2) is 53.1 Å². The molecule has 1 saturated heterocycles. The molecule has 0 spiro atoms. The Labute approximate surface area is 255 Å². The van der Waals surface area contributed by atoms with Crippen LogP contribution in [0.3, 0.4) is 0 Å². The van der Waals surface area contributed by atoms with E-state index < -0.39 is 26.5 Å². The first kappa shape index (κ1) is 29.2. The number of H-pyrrole nitrogens is 1. The first-order valence-electron chi connectivity index (χ1n) is 14.2. The Morgan fingerprint density at radius 3 is 2.93 bits per heavy atom. The molecule has 15 nitrogen and oxygen atoms in total. The van der Waals surface area contributed by atoms with E-state index in [0.29, 0.717) is 42.0 Å². The molecule has 0 bridgehead atoms. The van der Waals surface area contributed by atoms with Gasteiger partial charge in [-0.05, 0) is 43.5 Å². The van der Waals surface area contributed by atoms with E-state index in [1.165, 1.54) is 6.33 Å². The summed E-state index contributed by atoms with van der Waals surface area (Å²) < 4.78 is 25.8. The van der Waals surface area contributed by atoms with Gasteiger partial charge in [0, 0.05) is 10.9 Å². The van der Waals surface area contributed by atoms with Gasteiger partial charge < -0.3 is 33.7 Å². The fourth-order valence-corrected chi connectivity index (χ4v) is 6.63. The van der Waals surface area contributed by atoms with E-state index >= 15 is 0 Å². The largest absolute Gasteiger partial charge is 0.463 e. The number of para-hydroxylation sites is 1. The van der Waals surface area contributed by atoms with Gasteiger partial charge in [-0.3, -0.25) is 23.9 Å². The predicted octanol–water partition coefficient (Wildman–Crippen LogP) is 2.80. The van der Waals surface area contributed by atoms with Crippen LogP contribution in [0.4, 0.5) is 5.95 Å². The number of nitrogens with two attached hydrogens (primary N) is 1. The highest BCUT2D eigenvalue weighted by molar-refractivity contribution is 7.40. The summed E-state index contributed by atoms with van der Waals surface area (Å²) in [6.45, 7) is 2.07. The van der Waals surface area contributed by atoms with Gasteiger partial charge in [0.2, 0.25) is 5.95 Å². The molecule has 0 saturated carbocycles. The van der Waals surface area contributed by atoms with Crippen molar-refractivity contribution in [2.24, 2.45) is 0 Å². The van der Waals surface area contributed by atoms with Crippen LogP contribution < -0.4 is 16.9 Å². The van der Waals surface area contributed by atoms with Crippen molar-refractivity contribution in [2.75, 3.05) is 12.3 Å². The van der Waals surface area contributed by atoms with Crippen LogP contribution in [-0.2, 0) is 36.5 Å². The molecule has 4 atom stereocenters. The fourth-order valence-electron chi connectivity index (χ4n) is 5.90. The maximum atomic E-state index is 13.6. The average molecular weight is 634 g/mol. The summed E-state index contributed by atoms with van der Waals surface area (Å²) in [6, 6.07) is 11.5. The zero-order valence-corrected chi connectivity index (χ0v) is 24.8. The van der Waals surface area contributed by atoms with Gasteiger partial charge in [0.1, 0.15) is 12.8 Å². The van der Waals surface area contributed by atoms with E-state index in [-0.39, 0.29) is 48.4 Å². The van der Waals surface area contributed by atoms with Crippen LogP contribution in [0.25, 0.3) is 33.5 Å². The lowest BCUT2D eigenvalue weighted by molar-refractivity contribution is -0.129. The number of fused-ring (bicyclic) bond motifs is 5. The molecule has 4 N–H and O–H groups in total. The SMILES string of the molecule is CC(OP(O)OCC1CCC(n2cnc3c(=O)[nH]c(N)nc32)O1)c1cc2n(c(=O)c1COC=O)Cc1cc3ccccc3nc1-2. The molecule has 0 radical (unpaired) electrons. The van der Waals surface area contributed by atoms with Crippen LogP contribution in [0.2, 0.25) is 0 Å². The number of aromatic nitrogens is 6. The molecule has 45 heavy (non-hydrogen) atoms. The Kier molecular flexibility index (Phi) is 7.63. The summed E-state index contributed by atoms with van der Waals surface area (Å²) in [4.78, 5) is 63.0. The molecule has 5 aromatic rings. The second kappa shape index (κ2) is 11.8. The minimum atomic E-state index is -2.38. The third-order valence-corrected chi connectivity index (χ3v) is 8.87. The zero-order chi connectivity index (χ0) is 31.2. The van der Waals surface area contributed by atoms with E-state index in [1.54, 1.807) is 22.1 Å². The molecule has 232 valence electrons. The van der Waals surface area contributed by atoms with Crippen LogP contribution in [0.1, 0.15) is 48.8 Å². The third-order valence-electron chi connectivity index (χ3n) is 8.01. The Morgan fingerprint density at radius 2 is 2.09 bits per heavy atom. The number of hydrogen-bond acceptors (Lipinski definition) is 12. The maximum Gasteiger partial charge on any atom is 0.330 e. The van der Waals surface area contributed by atoms with Crippen molar-refractivity contribution in [3.63, 3.8) is 0 Å². The molecule has 6 heterocycles. The second-order valence-corrected chi connectivity index (χ2v) is 11.7. The number of imidazole rings is 1. The minimum Gasteiger partial charge on any atom is -0.463 e. The molecule has 1 aromatic carbocycles. The first-order chi connectivity index (χ1) is 21.8. The highest BCUT2D eigenvalue weighted by atomic mass is 31.2. The smallest absolute Gasteiger partial charge is 0.330 e. The Bertz CT molecular complexity index is 2060. The van der Waals surface area contributed by atoms with Crippen molar-refractivity contribution in [2.45, 2.75) is 51.4 Å². The van der Waals surface area contributed by atoms with Gasteiger partial charge in [0.15, 0.2) is 11.2 Å². The van der Waals surface area contributed by atoms with Crippen LogP contribution in [0, 0.1) is 0 Å². The number of nitrogens with one attached hydrogen (secondary N) is 1. The minimum absolute atomic E-state index is 0.0229. The summed E-state index contributed by atoms with van der Waals surface area (Å²) in [5.41, 5.74) is 9.09. The lowest BCUT2D eigenvalue weighted by atomic mass is 10.0. The number of benzene rings is 1. The summed E-state index contributed by atoms with van der Waals surface area (Å²) >= 11 is 0. The van der Waals surface area contributed by atoms with Crippen molar-refractivity contribution >= 4 is 43.1 Å². The lowest BCUT2D eigenvalue weighted by Crippen LogP contribution is -2.26. The molecule has 2 aliphatic rings. The number of aromatic amines is 1. The maximum absolute atomic E-state index is 13.6. The molecular formula is C29H28N7O8P. The van der Waals surface area contributed by atoms with Gasteiger partial charge in [0.05, 0.1) is 54.2 Å². The van der Waals surface area contributed by atoms with Gasteiger partial charge in [-0.1, -0.05) is 18.2 Å². The van der Waals surface area contributed by atoms with Gasteiger partial charge >= 0.3 is 8.60 Å². The van der Waals surface area contributed by atoms with Crippen molar-refractivity contribution < 1.29 is 28.2 Å². The van der Waals surface area contributed by atoms with E-state index in [0.717, 1.165) is 16.5 Å². The molecule has 16 heteroatoms. The van der Waals surface area contributed by atoms with E-state index in [4.69, 9.17) is 29.2 Å². The number of ether oxygens (including phenoxy) is 2. The third kappa shape index (κ3) is 5.38. The number of nitrogen functional groups attached to an aromatic ring is 1. The van der Waals surface area contributed by atoms with E-state index in [9.17, 15) is 19.3 Å². The topological polar surface area (TPSA) is 199 Å². The van der Waals surface area contributed by atoms with Gasteiger partial charge in [-0.2, -0.15) is 4.98 Å². The standard InChI is InChI=1S/C29H28N7O8P/c1-15(44-45(40)42-11-18-6-7-23(43-18)36-13-31-25-26(36)33-29(30)34-27(25)38)19-9-22-24-17(8-16-4-2-3-5-21(16)32-24)10-35(22)28(39)20(19)12-41-14-37/h2-5,8-9,13-15,18,23,40H,6-7,10-12H2,1H3,(H3,30,33,34,38). The summed E-state index contributed by atoms with van der Waals surface area (Å²) in [5, 5.41) is 0.967. The van der Waals surface area contributed by atoms with E-state index in [2.05, 4.69) is 15.0 Å². The molecule has 4 unspecified atom stereocenters. The molecule has 2 aliphatic heterocycles. The fraction of sp³-hybridized carbons (Fsp3) is 0.310. The highest BCUT2D eigenvalue weighted by Gasteiger charge is 2.31. The number of pyridine rings is 2. The summed E-state index contributed by atoms with van der Waals surface area (Å²) in [5.74, 6) is -0.0229.